The van der Waals surface area contributed by atoms with Crippen LogP contribution in [0, 0.1) is 11.8 Å². The molecular weight excluding hydrogens is 248 g/mol. The minimum atomic E-state index is -0.588. The van der Waals surface area contributed by atoms with E-state index in [0.29, 0.717) is 19.0 Å². The van der Waals surface area contributed by atoms with Gasteiger partial charge in [-0.05, 0) is 11.8 Å². The SMILES string of the molecule is COC(=O)N(CC(C)C)NC(=O)CN(N)CC(C)C. The summed E-state index contributed by atoms with van der Waals surface area (Å²) in [6.07, 6.45) is -0.588. The molecule has 112 valence electrons. The number of rotatable bonds is 6. The Morgan fingerprint density at radius 2 is 1.68 bits per heavy atom. The minimum absolute atomic E-state index is 0.0315. The van der Waals surface area contributed by atoms with E-state index in [4.69, 9.17) is 5.84 Å². The maximum atomic E-state index is 11.8. The average molecular weight is 274 g/mol. The Bertz CT molecular complexity index is 295. The molecule has 0 saturated heterocycles. The highest BCUT2D eigenvalue weighted by atomic mass is 16.5. The second-order valence-electron chi connectivity index (χ2n) is 5.33. The maximum absolute atomic E-state index is 11.8. The lowest BCUT2D eigenvalue weighted by molar-refractivity contribution is -0.126. The van der Waals surface area contributed by atoms with Gasteiger partial charge in [0.05, 0.1) is 13.7 Å². The normalized spacial score (nSPS) is 11.0. The number of amides is 2. The van der Waals surface area contributed by atoms with E-state index in [2.05, 4.69) is 10.2 Å². The fourth-order valence-corrected chi connectivity index (χ4v) is 1.55. The van der Waals surface area contributed by atoms with Crippen molar-refractivity contribution in [3.05, 3.63) is 0 Å². The molecule has 0 aromatic rings. The molecule has 0 aliphatic carbocycles. The molecule has 0 fully saturated rings. The quantitative estimate of drug-likeness (QED) is 0.546. The molecule has 0 heterocycles. The maximum Gasteiger partial charge on any atom is 0.428 e. The molecule has 0 rings (SSSR count). The third-order valence-electron chi connectivity index (χ3n) is 2.15. The van der Waals surface area contributed by atoms with Crippen molar-refractivity contribution in [2.75, 3.05) is 26.7 Å². The topological polar surface area (TPSA) is 87.9 Å². The lowest BCUT2D eigenvalue weighted by Gasteiger charge is -2.25. The number of nitrogens with zero attached hydrogens (tertiary/aromatic N) is 2. The second kappa shape index (κ2) is 8.71. The molecule has 0 aromatic carbocycles. The first-order valence-corrected chi connectivity index (χ1v) is 6.40. The van der Waals surface area contributed by atoms with E-state index >= 15 is 0 Å². The first-order chi connectivity index (χ1) is 8.76. The minimum Gasteiger partial charge on any atom is -0.452 e. The number of hydrogen-bond acceptors (Lipinski definition) is 5. The van der Waals surface area contributed by atoms with Crippen LogP contribution in [0.25, 0.3) is 0 Å². The summed E-state index contributed by atoms with van der Waals surface area (Å²) >= 11 is 0. The van der Waals surface area contributed by atoms with Gasteiger partial charge in [0.25, 0.3) is 5.91 Å². The molecular formula is C12H26N4O3. The molecule has 0 unspecified atom stereocenters. The molecule has 0 aliphatic heterocycles. The number of carbonyl (C=O) groups is 2. The van der Waals surface area contributed by atoms with Crippen LogP contribution in [0.5, 0.6) is 0 Å². The van der Waals surface area contributed by atoms with Gasteiger partial charge in [0.15, 0.2) is 0 Å². The molecule has 0 bridgehead atoms. The first-order valence-electron chi connectivity index (χ1n) is 6.40. The van der Waals surface area contributed by atoms with Gasteiger partial charge in [-0.3, -0.25) is 16.1 Å². The second-order valence-corrected chi connectivity index (χ2v) is 5.33. The zero-order valence-electron chi connectivity index (χ0n) is 12.5. The fourth-order valence-electron chi connectivity index (χ4n) is 1.55. The highest BCUT2D eigenvalue weighted by molar-refractivity contribution is 5.80. The van der Waals surface area contributed by atoms with E-state index in [-0.39, 0.29) is 18.4 Å². The summed E-state index contributed by atoms with van der Waals surface area (Å²) < 4.78 is 4.61. The van der Waals surface area contributed by atoms with E-state index in [1.807, 2.05) is 27.7 Å². The van der Waals surface area contributed by atoms with Crippen LogP contribution in [-0.4, -0.2) is 48.8 Å². The van der Waals surface area contributed by atoms with Crippen LogP contribution in [0.15, 0.2) is 0 Å². The van der Waals surface area contributed by atoms with Gasteiger partial charge in [-0.15, -0.1) is 0 Å². The van der Waals surface area contributed by atoms with Crippen molar-refractivity contribution in [1.82, 2.24) is 15.4 Å². The predicted octanol–water partition coefficient (Wildman–Crippen LogP) is 0.574. The van der Waals surface area contributed by atoms with Gasteiger partial charge in [0, 0.05) is 13.1 Å². The number of methoxy groups -OCH3 is 1. The first kappa shape index (κ1) is 17.7. The molecule has 0 spiro atoms. The summed E-state index contributed by atoms with van der Waals surface area (Å²) in [6.45, 7) is 8.92. The lowest BCUT2D eigenvalue weighted by atomic mass is 10.2. The largest absolute Gasteiger partial charge is 0.452 e. The fraction of sp³-hybridized carbons (Fsp3) is 0.833. The van der Waals surface area contributed by atoms with Crippen LogP contribution in [0.1, 0.15) is 27.7 Å². The Morgan fingerprint density at radius 3 is 2.11 bits per heavy atom. The third-order valence-corrected chi connectivity index (χ3v) is 2.15. The van der Waals surface area contributed by atoms with Crippen LogP contribution < -0.4 is 11.3 Å². The van der Waals surface area contributed by atoms with Gasteiger partial charge in [-0.1, -0.05) is 27.7 Å². The van der Waals surface area contributed by atoms with Crippen molar-refractivity contribution >= 4 is 12.0 Å². The van der Waals surface area contributed by atoms with Crippen molar-refractivity contribution in [2.45, 2.75) is 27.7 Å². The number of ether oxygens (including phenoxy) is 1. The molecule has 0 radical (unpaired) electrons. The number of nitrogens with one attached hydrogen (secondary N) is 1. The zero-order chi connectivity index (χ0) is 15.0. The van der Waals surface area contributed by atoms with Crippen molar-refractivity contribution in [2.24, 2.45) is 17.7 Å². The van der Waals surface area contributed by atoms with Gasteiger partial charge < -0.3 is 4.74 Å². The molecule has 3 N–H and O–H groups in total. The van der Waals surface area contributed by atoms with Gasteiger partial charge >= 0.3 is 6.09 Å². The van der Waals surface area contributed by atoms with E-state index in [9.17, 15) is 9.59 Å². The highest BCUT2D eigenvalue weighted by Crippen LogP contribution is 1.98. The highest BCUT2D eigenvalue weighted by Gasteiger charge is 2.18. The number of hydrogen-bond donors (Lipinski definition) is 2. The zero-order valence-corrected chi connectivity index (χ0v) is 12.5. The van der Waals surface area contributed by atoms with E-state index < -0.39 is 6.09 Å². The monoisotopic (exact) mass is 274 g/mol. The summed E-state index contributed by atoms with van der Waals surface area (Å²) in [5, 5.41) is 2.58. The van der Waals surface area contributed by atoms with E-state index in [1.165, 1.54) is 12.1 Å². The van der Waals surface area contributed by atoms with Crippen molar-refractivity contribution in [3.8, 4) is 0 Å². The summed E-state index contributed by atoms with van der Waals surface area (Å²) in [4.78, 5) is 23.3. The van der Waals surface area contributed by atoms with Gasteiger partial charge in [0.1, 0.15) is 0 Å². The molecule has 0 atom stereocenters. The third kappa shape index (κ3) is 8.39. The van der Waals surface area contributed by atoms with Crippen LogP contribution in [0.3, 0.4) is 0 Å². The smallest absolute Gasteiger partial charge is 0.428 e. The average Bonchev–Trinajstić information content (AvgIpc) is 2.24. The molecule has 2 amide bonds. The molecule has 0 aliphatic rings. The van der Waals surface area contributed by atoms with Crippen LogP contribution >= 0.6 is 0 Å². The molecule has 7 nitrogen and oxygen atoms in total. The van der Waals surface area contributed by atoms with E-state index in [0.717, 1.165) is 5.01 Å². The van der Waals surface area contributed by atoms with Crippen molar-refractivity contribution in [1.29, 1.82) is 0 Å². The van der Waals surface area contributed by atoms with Gasteiger partial charge in [-0.25, -0.2) is 14.8 Å². The van der Waals surface area contributed by atoms with E-state index in [1.54, 1.807) is 0 Å². The lowest BCUT2D eigenvalue weighted by Crippen LogP contribution is -2.52. The summed E-state index contributed by atoms with van der Waals surface area (Å²) in [5.74, 6) is 5.94. The summed E-state index contributed by atoms with van der Waals surface area (Å²) in [7, 11) is 1.27. The standard InChI is InChI=1S/C12H26N4O3/c1-9(2)6-15(13)8-11(17)14-16(7-10(3)4)12(18)19-5/h9-10H,6-8,13H2,1-5H3,(H,14,17). The van der Waals surface area contributed by atoms with Crippen LogP contribution in [0.4, 0.5) is 4.79 Å². The van der Waals surface area contributed by atoms with Crippen LogP contribution in [-0.2, 0) is 9.53 Å². The number of hydrazine groups is 2. The van der Waals surface area contributed by atoms with Gasteiger partial charge in [-0.2, -0.15) is 0 Å². The molecule has 19 heavy (non-hydrogen) atoms. The van der Waals surface area contributed by atoms with Crippen LogP contribution in [0.2, 0.25) is 0 Å². The van der Waals surface area contributed by atoms with Crippen molar-refractivity contribution < 1.29 is 14.3 Å². The molecule has 0 aromatic heterocycles. The Labute approximate surface area is 115 Å². The Hall–Kier alpha value is -1.34. The molecule has 7 heteroatoms. The Balaban J connectivity index is 4.34. The molecule has 0 saturated carbocycles. The number of carbonyl (C=O) groups excluding carboxylic acids is 2. The predicted molar refractivity (Wildman–Crippen MR) is 72.7 cm³/mol. The number of nitrogens with two attached hydrogens (primary N) is 1. The summed E-state index contributed by atoms with van der Waals surface area (Å²) in [5.41, 5.74) is 2.50. The summed E-state index contributed by atoms with van der Waals surface area (Å²) in [6, 6.07) is 0. The Morgan fingerprint density at radius 1 is 1.16 bits per heavy atom. The Kier molecular flexibility index (Phi) is 8.09. The van der Waals surface area contributed by atoms with Crippen molar-refractivity contribution in [3.63, 3.8) is 0 Å². The van der Waals surface area contributed by atoms with Gasteiger partial charge in [0.2, 0.25) is 0 Å².